The Balaban J connectivity index is 2.24. The standard InChI is InChI=1S/C13H18N2S2/c1-13(2,3)11-6-5-10(17-11)12-15-8-9(16-12)7-14-4/h5-6,8,14H,7H2,1-4H3. The van der Waals surface area contributed by atoms with Crippen molar-refractivity contribution >= 4 is 22.7 Å². The lowest BCUT2D eigenvalue weighted by Crippen LogP contribution is -2.07. The number of hydrogen-bond donors (Lipinski definition) is 1. The summed E-state index contributed by atoms with van der Waals surface area (Å²) in [5, 5.41) is 4.29. The van der Waals surface area contributed by atoms with Crippen molar-refractivity contribution in [2.75, 3.05) is 7.05 Å². The van der Waals surface area contributed by atoms with Crippen molar-refractivity contribution in [3.05, 3.63) is 28.1 Å². The topological polar surface area (TPSA) is 24.9 Å². The summed E-state index contributed by atoms with van der Waals surface area (Å²) in [6.07, 6.45) is 1.97. The van der Waals surface area contributed by atoms with Crippen LogP contribution in [0.5, 0.6) is 0 Å². The first-order valence-corrected chi connectivity index (χ1v) is 7.34. The van der Waals surface area contributed by atoms with E-state index in [0.717, 1.165) is 11.6 Å². The van der Waals surface area contributed by atoms with Crippen molar-refractivity contribution < 1.29 is 0 Å². The fraction of sp³-hybridized carbons (Fsp3) is 0.462. The van der Waals surface area contributed by atoms with E-state index in [4.69, 9.17) is 0 Å². The molecule has 0 aliphatic heterocycles. The SMILES string of the molecule is CNCc1cnc(-c2ccc(C(C)(C)C)s2)s1. The molecule has 0 atom stereocenters. The van der Waals surface area contributed by atoms with Crippen LogP contribution in [0, 0.1) is 0 Å². The molecular formula is C13H18N2S2. The van der Waals surface area contributed by atoms with Gasteiger partial charge < -0.3 is 5.32 Å². The zero-order valence-electron chi connectivity index (χ0n) is 10.7. The fourth-order valence-electron chi connectivity index (χ4n) is 1.53. The third-order valence-electron chi connectivity index (χ3n) is 2.46. The van der Waals surface area contributed by atoms with Crippen LogP contribution in [0.1, 0.15) is 30.5 Å². The largest absolute Gasteiger partial charge is 0.315 e. The van der Waals surface area contributed by atoms with Crippen LogP contribution < -0.4 is 5.32 Å². The van der Waals surface area contributed by atoms with E-state index >= 15 is 0 Å². The molecule has 0 aromatic carbocycles. The molecule has 0 bridgehead atoms. The first kappa shape index (κ1) is 12.7. The Hall–Kier alpha value is -0.710. The zero-order chi connectivity index (χ0) is 12.5. The molecule has 2 heterocycles. The van der Waals surface area contributed by atoms with Crippen molar-refractivity contribution in [2.45, 2.75) is 32.7 Å². The molecule has 0 saturated carbocycles. The molecule has 0 radical (unpaired) electrons. The van der Waals surface area contributed by atoms with E-state index in [9.17, 15) is 0 Å². The van der Waals surface area contributed by atoms with Gasteiger partial charge in [0, 0.05) is 22.5 Å². The van der Waals surface area contributed by atoms with Crippen molar-refractivity contribution in [3.8, 4) is 9.88 Å². The van der Waals surface area contributed by atoms with Crippen LogP contribution in [0.2, 0.25) is 0 Å². The highest BCUT2D eigenvalue weighted by atomic mass is 32.1. The van der Waals surface area contributed by atoms with Crippen LogP contribution in [0.15, 0.2) is 18.3 Å². The Morgan fingerprint density at radius 2 is 2.00 bits per heavy atom. The molecule has 0 spiro atoms. The number of aromatic nitrogens is 1. The average molecular weight is 266 g/mol. The van der Waals surface area contributed by atoms with Gasteiger partial charge >= 0.3 is 0 Å². The molecular weight excluding hydrogens is 248 g/mol. The van der Waals surface area contributed by atoms with Gasteiger partial charge in [0.25, 0.3) is 0 Å². The second kappa shape index (κ2) is 4.88. The molecule has 17 heavy (non-hydrogen) atoms. The first-order valence-electron chi connectivity index (χ1n) is 5.70. The molecule has 4 heteroatoms. The number of nitrogens with one attached hydrogen (secondary N) is 1. The second-order valence-electron chi connectivity index (χ2n) is 5.08. The van der Waals surface area contributed by atoms with Crippen molar-refractivity contribution in [1.82, 2.24) is 10.3 Å². The van der Waals surface area contributed by atoms with Gasteiger partial charge in [0.2, 0.25) is 0 Å². The Morgan fingerprint density at radius 1 is 1.24 bits per heavy atom. The maximum Gasteiger partial charge on any atom is 0.133 e. The molecule has 2 aromatic heterocycles. The molecule has 0 saturated heterocycles. The average Bonchev–Trinajstić information content (AvgIpc) is 2.82. The second-order valence-corrected chi connectivity index (χ2v) is 7.27. The molecule has 2 rings (SSSR count). The quantitative estimate of drug-likeness (QED) is 0.911. The van der Waals surface area contributed by atoms with E-state index in [2.05, 4.69) is 43.2 Å². The van der Waals surface area contributed by atoms with Gasteiger partial charge in [-0.3, -0.25) is 0 Å². The van der Waals surface area contributed by atoms with E-state index in [1.165, 1.54) is 14.6 Å². The van der Waals surface area contributed by atoms with Crippen LogP contribution in [0.3, 0.4) is 0 Å². The lowest BCUT2D eigenvalue weighted by atomic mass is 9.95. The summed E-state index contributed by atoms with van der Waals surface area (Å²) in [5.74, 6) is 0. The normalized spacial score (nSPS) is 12.0. The first-order chi connectivity index (χ1) is 8.00. The minimum absolute atomic E-state index is 0.230. The van der Waals surface area contributed by atoms with Gasteiger partial charge in [-0.2, -0.15) is 0 Å². The van der Waals surface area contributed by atoms with E-state index in [-0.39, 0.29) is 5.41 Å². The van der Waals surface area contributed by atoms with Crippen LogP contribution in [-0.2, 0) is 12.0 Å². The highest BCUT2D eigenvalue weighted by Gasteiger charge is 2.17. The van der Waals surface area contributed by atoms with Gasteiger partial charge in [0.15, 0.2) is 0 Å². The van der Waals surface area contributed by atoms with Gasteiger partial charge in [-0.25, -0.2) is 4.98 Å². The minimum atomic E-state index is 0.230. The maximum absolute atomic E-state index is 4.49. The van der Waals surface area contributed by atoms with E-state index in [1.807, 2.05) is 24.6 Å². The Morgan fingerprint density at radius 3 is 2.59 bits per heavy atom. The minimum Gasteiger partial charge on any atom is -0.315 e. The van der Waals surface area contributed by atoms with Gasteiger partial charge in [-0.1, -0.05) is 20.8 Å². The maximum atomic E-state index is 4.49. The molecule has 0 aliphatic carbocycles. The highest BCUT2D eigenvalue weighted by Crippen LogP contribution is 2.36. The molecule has 0 aliphatic rings. The van der Waals surface area contributed by atoms with Gasteiger partial charge in [0.05, 0.1) is 4.88 Å². The third kappa shape index (κ3) is 2.94. The summed E-state index contributed by atoms with van der Waals surface area (Å²) in [6.45, 7) is 7.64. The van der Waals surface area contributed by atoms with Crippen LogP contribution in [0.4, 0.5) is 0 Å². The van der Waals surface area contributed by atoms with E-state index in [0.29, 0.717) is 0 Å². The molecule has 0 fully saturated rings. The van der Waals surface area contributed by atoms with Gasteiger partial charge in [-0.15, -0.1) is 22.7 Å². The molecule has 2 aromatic rings. The van der Waals surface area contributed by atoms with Crippen LogP contribution >= 0.6 is 22.7 Å². The predicted octanol–water partition coefficient (Wildman–Crippen LogP) is 3.89. The van der Waals surface area contributed by atoms with Crippen LogP contribution in [0.25, 0.3) is 9.88 Å². The number of rotatable bonds is 3. The molecule has 2 nitrogen and oxygen atoms in total. The van der Waals surface area contributed by atoms with E-state index < -0.39 is 0 Å². The summed E-state index contributed by atoms with van der Waals surface area (Å²) in [6, 6.07) is 4.41. The molecule has 0 amide bonds. The third-order valence-corrected chi connectivity index (χ3v) is 5.14. The van der Waals surface area contributed by atoms with Gasteiger partial charge in [-0.05, 0) is 24.6 Å². The molecule has 1 N–H and O–H groups in total. The molecule has 92 valence electrons. The van der Waals surface area contributed by atoms with Crippen LogP contribution in [-0.4, -0.2) is 12.0 Å². The van der Waals surface area contributed by atoms with E-state index in [1.54, 1.807) is 11.3 Å². The Kier molecular flexibility index (Phi) is 3.66. The summed E-state index contributed by atoms with van der Waals surface area (Å²) >= 11 is 3.62. The Labute approximate surface area is 111 Å². The van der Waals surface area contributed by atoms with Crippen molar-refractivity contribution in [1.29, 1.82) is 0 Å². The lowest BCUT2D eigenvalue weighted by molar-refractivity contribution is 0.604. The smallest absolute Gasteiger partial charge is 0.133 e. The molecule has 0 unspecified atom stereocenters. The number of thiophene rings is 1. The number of thiazole rings is 1. The summed E-state index contributed by atoms with van der Waals surface area (Å²) < 4.78 is 0. The summed E-state index contributed by atoms with van der Waals surface area (Å²) in [7, 11) is 1.96. The van der Waals surface area contributed by atoms with Crippen molar-refractivity contribution in [2.24, 2.45) is 0 Å². The number of nitrogens with zero attached hydrogens (tertiary/aromatic N) is 1. The monoisotopic (exact) mass is 266 g/mol. The lowest BCUT2D eigenvalue weighted by Gasteiger charge is -2.15. The zero-order valence-corrected chi connectivity index (χ0v) is 12.3. The summed E-state index contributed by atoms with van der Waals surface area (Å²) in [4.78, 5) is 8.47. The Bertz CT molecular complexity index is 491. The predicted molar refractivity (Wildman–Crippen MR) is 76.9 cm³/mol. The van der Waals surface area contributed by atoms with Crippen molar-refractivity contribution in [3.63, 3.8) is 0 Å². The highest BCUT2D eigenvalue weighted by molar-refractivity contribution is 7.21. The van der Waals surface area contributed by atoms with Gasteiger partial charge in [0.1, 0.15) is 5.01 Å². The summed E-state index contributed by atoms with van der Waals surface area (Å²) in [5.41, 5.74) is 0.230. The fourth-order valence-corrected chi connectivity index (χ4v) is 3.58. The number of hydrogen-bond acceptors (Lipinski definition) is 4.